The van der Waals surface area contributed by atoms with E-state index in [0.29, 0.717) is 19.5 Å². The predicted octanol–water partition coefficient (Wildman–Crippen LogP) is 0.00250. The maximum Gasteiger partial charge on any atom is 0.227 e. The fraction of sp³-hybridized carbons (Fsp3) is 0.900. The van der Waals surface area contributed by atoms with Gasteiger partial charge in [0, 0.05) is 13.1 Å². The monoisotopic (exact) mass is 200 g/mol. The molecule has 1 aliphatic rings. The first kappa shape index (κ1) is 11.5. The number of rotatable bonds is 5. The summed E-state index contributed by atoms with van der Waals surface area (Å²) in [5, 5.41) is 12.4. The SMILES string of the molecule is CCC(C)(O)CNC(=O)C1(CN)CC1. The summed E-state index contributed by atoms with van der Waals surface area (Å²) < 4.78 is 0. The van der Waals surface area contributed by atoms with Gasteiger partial charge >= 0.3 is 0 Å². The topological polar surface area (TPSA) is 75.3 Å². The molecule has 1 saturated carbocycles. The van der Waals surface area contributed by atoms with Gasteiger partial charge in [-0.1, -0.05) is 6.92 Å². The fourth-order valence-corrected chi connectivity index (χ4v) is 1.26. The van der Waals surface area contributed by atoms with Crippen molar-refractivity contribution in [2.75, 3.05) is 13.1 Å². The summed E-state index contributed by atoms with van der Waals surface area (Å²) in [4.78, 5) is 11.6. The van der Waals surface area contributed by atoms with Crippen LogP contribution in [-0.2, 0) is 4.79 Å². The molecule has 0 aromatic rings. The van der Waals surface area contributed by atoms with Gasteiger partial charge < -0.3 is 16.2 Å². The summed E-state index contributed by atoms with van der Waals surface area (Å²) in [5.41, 5.74) is 4.40. The molecule has 1 fully saturated rings. The van der Waals surface area contributed by atoms with Gasteiger partial charge in [0.2, 0.25) is 5.91 Å². The number of hydrogen-bond acceptors (Lipinski definition) is 3. The summed E-state index contributed by atoms with van der Waals surface area (Å²) in [6.07, 6.45) is 2.39. The molecule has 4 nitrogen and oxygen atoms in total. The van der Waals surface area contributed by atoms with Crippen LogP contribution in [0.4, 0.5) is 0 Å². The molecule has 4 N–H and O–H groups in total. The first-order valence-corrected chi connectivity index (χ1v) is 5.16. The lowest BCUT2D eigenvalue weighted by molar-refractivity contribution is -0.127. The maximum absolute atomic E-state index is 11.6. The molecule has 1 amide bonds. The number of nitrogens with two attached hydrogens (primary N) is 1. The van der Waals surface area contributed by atoms with Gasteiger partial charge in [0.15, 0.2) is 0 Å². The minimum absolute atomic E-state index is 0.00581. The van der Waals surface area contributed by atoms with E-state index >= 15 is 0 Å². The van der Waals surface area contributed by atoms with Crippen LogP contribution in [0.25, 0.3) is 0 Å². The Kier molecular flexibility index (Phi) is 3.17. The van der Waals surface area contributed by atoms with Crippen LogP contribution in [0.1, 0.15) is 33.1 Å². The summed E-state index contributed by atoms with van der Waals surface area (Å²) in [7, 11) is 0. The Morgan fingerprint density at radius 2 is 2.21 bits per heavy atom. The highest BCUT2D eigenvalue weighted by Gasteiger charge is 2.48. The van der Waals surface area contributed by atoms with E-state index in [1.54, 1.807) is 6.92 Å². The van der Waals surface area contributed by atoms with E-state index in [0.717, 1.165) is 12.8 Å². The lowest BCUT2D eigenvalue weighted by atomic mass is 10.0. The number of carbonyl (C=O) groups is 1. The maximum atomic E-state index is 11.6. The van der Waals surface area contributed by atoms with E-state index in [-0.39, 0.29) is 11.3 Å². The van der Waals surface area contributed by atoms with Crippen LogP contribution in [0.15, 0.2) is 0 Å². The van der Waals surface area contributed by atoms with E-state index in [4.69, 9.17) is 5.73 Å². The Morgan fingerprint density at radius 3 is 2.57 bits per heavy atom. The highest BCUT2D eigenvalue weighted by Crippen LogP contribution is 2.44. The van der Waals surface area contributed by atoms with Gasteiger partial charge in [0.05, 0.1) is 11.0 Å². The summed E-state index contributed by atoms with van der Waals surface area (Å²) in [6.45, 7) is 4.33. The molecule has 0 radical (unpaired) electrons. The van der Waals surface area contributed by atoms with E-state index in [1.807, 2.05) is 6.92 Å². The molecule has 1 rings (SSSR count). The molecule has 0 heterocycles. The van der Waals surface area contributed by atoms with Crippen LogP contribution in [0.2, 0.25) is 0 Å². The first-order chi connectivity index (χ1) is 6.46. The summed E-state index contributed by atoms with van der Waals surface area (Å²) in [5.74, 6) is -0.00581. The summed E-state index contributed by atoms with van der Waals surface area (Å²) in [6, 6.07) is 0. The number of amides is 1. The molecule has 82 valence electrons. The van der Waals surface area contributed by atoms with E-state index < -0.39 is 5.60 Å². The minimum Gasteiger partial charge on any atom is -0.388 e. The van der Waals surface area contributed by atoms with E-state index in [1.165, 1.54) is 0 Å². The Morgan fingerprint density at radius 1 is 1.64 bits per heavy atom. The van der Waals surface area contributed by atoms with Crippen molar-refractivity contribution >= 4 is 5.91 Å². The van der Waals surface area contributed by atoms with Crippen LogP contribution < -0.4 is 11.1 Å². The van der Waals surface area contributed by atoms with Gasteiger partial charge in [0.25, 0.3) is 0 Å². The third kappa shape index (κ3) is 2.45. The molecule has 1 aliphatic carbocycles. The zero-order valence-corrected chi connectivity index (χ0v) is 8.97. The normalized spacial score (nSPS) is 22.6. The molecule has 4 heteroatoms. The molecule has 0 aromatic carbocycles. The van der Waals surface area contributed by atoms with Crippen molar-refractivity contribution in [2.24, 2.45) is 11.1 Å². The molecule has 14 heavy (non-hydrogen) atoms. The molecular formula is C10H20N2O2. The van der Waals surface area contributed by atoms with Crippen LogP contribution in [0.3, 0.4) is 0 Å². The van der Waals surface area contributed by atoms with Gasteiger partial charge in [0.1, 0.15) is 0 Å². The average Bonchev–Trinajstić information content (AvgIpc) is 2.95. The highest BCUT2D eigenvalue weighted by atomic mass is 16.3. The number of hydrogen-bond donors (Lipinski definition) is 3. The first-order valence-electron chi connectivity index (χ1n) is 5.16. The lowest BCUT2D eigenvalue weighted by Gasteiger charge is -2.23. The Balaban J connectivity index is 2.35. The summed E-state index contributed by atoms with van der Waals surface area (Å²) >= 11 is 0. The Hall–Kier alpha value is -0.610. The van der Waals surface area contributed by atoms with Crippen molar-refractivity contribution < 1.29 is 9.90 Å². The van der Waals surface area contributed by atoms with Crippen molar-refractivity contribution in [3.8, 4) is 0 Å². The van der Waals surface area contributed by atoms with Crippen molar-refractivity contribution in [1.29, 1.82) is 0 Å². The lowest BCUT2D eigenvalue weighted by Crippen LogP contribution is -2.44. The zero-order chi connectivity index (χ0) is 10.8. The van der Waals surface area contributed by atoms with Gasteiger partial charge in [-0.3, -0.25) is 4.79 Å². The van der Waals surface area contributed by atoms with Crippen molar-refractivity contribution in [2.45, 2.75) is 38.7 Å². The number of nitrogens with one attached hydrogen (secondary N) is 1. The standard InChI is InChI=1S/C10H20N2O2/c1-3-9(2,14)7-12-8(13)10(6-11)4-5-10/h14H,3-7,11H2,1-2H3,(H,12,13). The predicted molar refractivity (Wildman–Crippen MR) is 54.6 cm³/mol. The van der Waals surface area contributed by atoms with Gasteiger partial charge in [-0.05, 0) is 26.2 Å². The number of carbonyl (C=O) groups excluding carboxylic acids is 1. The van der Waals surface area contributed by atoms with Gasteiger partial charge in [-0.25, -0.2) is 0 Å². The van der Waals surface area contributed by atoms with Crippen LogP contribution >= 0.6 is 0 Å². The average molecular weight is 200 g/mol. The van der Waals surface area contributed by atoms with E-state index in [2.05, 4.69) is 5.32 Å². The van der Waals surface area contributed by atoms with E-state index in [9.17, 15) is 9.90 Å². The number of aliphatic hydroxyl groups is 1. The molecule has 0 bridgehead atoms. The van der Waals surface area contributed by atoms with Crippen molar-refractivity contribution in [3.05, 3.63) is 0 Å². The fourth-order valence-electron chi connectivity index (χ4n) is 1.26. The molecule has 1 atom stereocenters. The molecule has 0 saturated heterocycles. The molecule has 1 unspecified atom stereocenters. The van der Waals surface area contributed by atoms with Crippen molar-refractivity contribution in [3.63, 3.8) is 0 Å². The molecule has 0 aromatic heterocycles. The largest absolute Gasteiger partial charge is 0.388 e. The third-order valence-corrected chi connectivity index (χ3v) is 3.12. The smallest absolute Gasteiger partial charge is 0.227 e. The highest BCUT2D eigenvalue weighted by molar-refractivity contribution is 5.85. The molecular weight excluding hydrogens is 180 g/mol. The van der Waals surface area contributed by atoms with Crippen LogP contribution in [0.5, 0.6) is 0 Å². The Labute approximate surface area is 84.9 Å². The Bertz CT molecular complexity index is 222. The molecule has 0 spiro atoms. The molecule has 0 aliphatic heterocycles. The second-order valence-corrected chi connectivity index (χ2v) is 4.52. The van der Waals surface area contributed by atoms with Crippen LogP contribution in [0, 0.1) is 5.41 Å². The third-order valence-electron chi connectivity index (χ3n) is 3.12. The zero-order valence-electron chi connectivity index (χ0n) is 8.97. The van der Waals surface area contributed by atoms with Crippen molar-refractivity contribution in [1.82, 2.24) is 5.32 Å². The second kappa shape index (κ2) is 3.87. The van der Waals surface area contributed by atoms with Gasteiger partial charge in [-0.15, -0.1) is 0 Å². The minimum atomic E-state index is -0.805. The van der Waals surface area contributed by atoms with Gasteiger partial charge in [-0.2, -0.15) is 0 Å². The quantitative estimate of drug-likeness (QED) is 0.585. The van der Waals surface area contributed by atoms with Crippen LogP contribution in [-0.4, -0.2) is 29.7 Å². The second-order valence-electron chi connectivity index (χ2n) is 4.52.